The van der Waals surface area contributed by atoms with Crippen LogP contribution in [0.25, 0.3) is 0 Å². The number of benzene rings is 1. The molecule has 31 heavy (non-hydrogen) atoms. The van der Waals surface area contributed by atoms with Gasteiger partial charge in [0.05, 0.1) is 7.11 Å². The Morgan fingerprint density at radius 2 is 1.97 bits per heavy atom. The quantitative estimate of drug-likeness (QED) is 0.618. The normalized spacial score (nSPS) is 17.0. The highest BCUT2D eigenvalue weighted by atomic mass is 16.5. The average Bonchev–Trinajstić information content (AvgIpc) is 2.76. The Morgan fingerprint density at radius 3 is 2.71 bits per heavy atom. The van der Waals surface area contributed by atoms with Gasteiger partial charge in [-0.2, -0.15) is 0 Å². The van der Waals surface area contributed by atoms with Crippen molar-refractivity contribution >= 4 is 5.91 Å². The molecule has 0 bridgehead atoms. The van der Waals surface area contributed by atoms with Gasteiger partial charge in [-0.1, -0.05) is 24.3 Å². The van der Waals surface area contributed by atoms with E-state index < -0.39 is 0 Å². The van der Waals surface area contributed by atoms with Crippen molar-refractivity contribution in [3.63, 3.8) is 0 Å². The van der Waals surface area contributed by atoms with Crippen molar-refractivity contribution in [3.05, 3.63) is 59.4 Å². The molecule has 1 amide bonds. The maximum atomic E-state index is 13.3. The summed E-state index contributed by atoms with van der Waals surface area (Å²) in [5.74, 6) is 1.43. The minimum atomic E-state index is 0.0346. The summed E-state index contributed by atoms with van der Waals surface area (Å²) < 4.78 is 5.53. The lowest BCUT2D eigenvalue weighted by Crippen LogP contribution is -2.44. The van der Waals surface area contributed by atoms with Gasteiger partial charge < -0.3 is 14.5 Å². The van der Waals surface area contributed by atoms with Crippen molar-refractivity contribution in [2.75, 3.05) is 53.9 Å². The van der Waals surface area contributed by atoms with Crippen molar-refractivity contribution in [1.29, 1.82) is 0 Å². The smallest absolute Gasteiger partial charge is 0.272 e. The highest BCUT2D eigenvalue weighted by molar-refractivity contribution is 5.92. The van der Waals surface area contributed by atoms with E-state index in [1.165, 1.54) is 5.56 Å². The standard InChI is InChI=1S/C25H36N4O2/c1-20-9-7-12-23(26-20)25(30)29(16-15-27(2)3)18-21-10-8-14-28(17-21)19-22-11-5-6-13-24(22)31-4/h5-7,9,11-13,21H,8,10,14-19H2,1-4H3/t21-/m1/s1. The number of aryl methyl sites for hydroxylation is 1. The van der Waals surface area contributed by atoms with Gasteiger partial charge in [0, 0.05) is 44.0 Å². The van der Waals surface area contributed by atoms with Crippen LogP contribution in [0.1, 0.15) is 34.6 Å². The first-order valence-corrected chi connectivity index (χ1v) is 11.2. The Labute approximate surface area is 186 Å². The van der Waals surface area contributed by atoms with E-state index in [-0.39, 0.29) is 5.91 Å². The molecule has 3 rings (SSSR count). The minimum absolute atomic E-state index is 0.0346. The fraction of sp³-hybridized carbons (Fsp3) is 0.520. The SMILES string of the molecule is COc1ccccc1CN1CCC[C@@H](CN(CCN(C)C)C(=O)c2cccc(C)n2)C1. The van der Waals surface area contributed by atoms with Crippen LogP contribution >= 0.6 is 0 Å². The zero-order valence-electron chi connectivity index (χ0n) is 19.4. The van der Waals surface area contributed by atoms with Gasteiger partial charge in [0.25, 0.3) is 5.91 Å². The highest BCUT2D eigenvalue weighted by Gasteiger charge is 2.26. The number of para-hydroxylation sites is 1. The molecule has 1 aromatic heterocycles. The molecule has 1 aliphatic rings. The number of methoxy groups -OCH3 is 1. The van der Waals surface area contributed by atoms with E-state index >= 15 is 0 Å². The zero-order valence-corrected chi connectivity index (χ0v) is 19.4. The summed E-state index contributed by atoms with van der Waals surface area (Å²) in [7, 11) is 5.82. The van der Waals surface area contributed by atoms with Gasteiger partial charge in [-0.05, 0) is 64.5 Å². The summed E-state index contributed by atoms with van der Waals surface area (Å²) >= 11 is 0. The van der Waals surface area contributed by atoms with E-state index in [9.17, 15) is 4.79 Å². The van der Waals surface area contributed by atoms with Crippen LogP contribution in [-0.4, -0.2) is 79.5 Å². The van der Waals surface area contributed by atoms with Crippen LogP contribution in [-0.2, 0) is 6.54 Å². The largest absolute Gasteiger partial charge is 0.496 e. The van der Waals surface area contributed by atoms with Gasteiger partial charge in [-0.15, -0.1) is 0 Å². The Balaban J connectivity index is 1.67. The number of likely N-dealkylation sites (N-methyl/N-ethyl adjacent to an activating group) is 1. The van der Waals surface area contributed by atoms with Crippen LogP contribution in [0.2, 0.25) is 0 Å². The molecule has 0 unspecified atom stereocenters. The Kier molecular flexibility index (Phi) is 8.43. The summed E-state index contributed by atoms with van der Waals surface area (Å²) in [4.78, 5) is 24.3. The predicted molar refractivity (Wildman–Crippen MR) is 124 cm³/mol. The maximum Gasteiger partial charge on any atom is 0.272 e. The van der Waals surface area contributed by atoms with Gasteiger partial charge in [0.1, 0.15) is 11.4 Å². The number of amides is 1. The number of piperidine rings is 1. The third-order valence-corrected chi connectivity index (χ3v) is 5.88. The number of hydrogen-bond acceptors (Lipinski definition) is 5. The van der Waals surface area contributed by atoms with Crippen LogP contribution in [0.4, 0.5) is 0 Å². The molecule has 0 N–H and O–H groups in total. The molecule has 1 aromatic carbocycles. The van der Waals surface area contributed by atoms with E-state index in [1.807, 2.05) is 56.3 Å². The fourth-order valence-corrected chi connectivity index (χ4v) is 4.25. The molecule has 0 radical (unpaired) electrons. The van der Waals surface area contributed by atoms with Gasteiger partial charge in [0.2, 0.25) is 0 Å². The molecule has 6 heteroatoms. The Hall–Kier alpha value is -2.44. The number of hydrogen-bond donors (Lipinski definition) is 0. The first-order valence-electron chi connectivity index (χ1n) is 11.2. The summed E-state index contributed by atoms with van der Waals surface area (Å²) in [6.45, 7) is 7.21. The van der Waals surface area contributed by atoms with Crippen molar-refractivity contribution in [2.24, 2.45) is 5.92 Å². The molecular formula is C25H36N4O2. The van der Waals surface area contributed by atoms with Gasteiger partial charge in [-0.25, -0.2) is 4.98 Å². The topological polar surface area (TPSA) is 48.9 Å². The molecule has 168 valence electrons. The lowest BCUT2D eigenvalue weighted by molar-refractivity contribution is 0.0654. The highest BCUT2D eigenvalue weighted by Crippen LogP contribution is 2.24. The minimum Gasteiger partial charge on any atom is -0.496 e. The van der Waals surface area contributed by atoms with E-state index in [0.717, 1.165) is 57.0 Å². The number of carbonyl (C=O) groups excluding carboxylic acids is 1. The first-order chi connectivity index (χ1) is 15.0. The number of carbonyl (C=O) groups is 1. The molecule has 6 nitrogen and oxygen atoms in total. The molecule has 0 saturated carbocycles. The number of nitrogens with zero attached hydrogens (tertiary/aromatic N) is 4. The number of ether oxygens (including phenoxy) is 1. The van der Waals surface area contributed by atoms with Crippen LogP contribution in [0.15, 0.2) is 42.5 Å². The molecule has 1 aliphatic heterocycles. The summed E-state index contributed by atoms with van der Waals surface area (Å²) in [5, 5.41) is 0. The summed E-state index contributed by atoms with van der Waals surface area (Å²) in [6, 6.07) is 13.9. The molecule has 1 atom stereocenters. The molecule has 0 aliphatic carbocycles. The Morgan fingerprint density at radius 1 is 1.16 bits per heavy atom. The van der Waals surface area contributed by atoms with Gasteiger partial charge in [-0.3, -0.25) is 9.69 Å². The third kappa shape index (κ3) is 6.77. The second-order valence-corrected chi connectivity index (χ2v) is 8.77. The van der Waals surface area contributed by atoms with E-state index in [1.54, 1.807) is 7.11 Å². The second kappa shape index (κ2) is 11.3. The van der Waals surface area contributed by atoms with Gasteiger partial charge >= 0.3 is 0 Å². The van der Waals surface area contributed by atoms with Crippen LogP contribution < -0.4 is 4.74 Å². The number of likely N-dealkylation sites (tertiary alicyclic amines) is 1. The van der Waals surface area contributed by atoms with E-state index in [4.69, 9.17) is 4.74 Å². The number of rotatable bonds is 9. The first kappa shape index (κ1) is 23.2. The maximum absolute atomic E-state index is 13.3. The monoisotopic (exact) mass is 424 g/mol. The zero-order chi connectivity index (χ0) is 22.2. The summed E-state index contributed by atoms with van der Waals surface area (Å²) in [5.41, 5.74) is 2.63. The van der Waals surface area contributed by atoms with Crippen molar-refractivity contribution < 1.29 is 9.53 Å². The van der Waals surface area contributed by atoms with Crippen LogP contribution in [0, 0.1) is 12.8 Å². The third-order valence-electron chi connectivity index (χ3n) is 5.88. The molecule has 0 spiro atoms. The second-order valence-electron chi connectivity index (χ2n) is 8.77. The van der Waals surface area contributed by atoms with Gasteiger partial charge in [0.15, 0.2) is 0 Å². The predicted octanol–water partition coefficient (Wildman–Crippen LogP) is 3.31. The molecule has 1 fully saturated rings. The molecule has 1 saturated heterocycles. The van der Waals surface area contributed by atoms with Crippen molar-refractivity contribution in [2.45, 2.75) is 26.3 Å². The van der Waals surface area contributed by atoms with E-state index in [0.29, 0.717) is 18.2 Å². The number of aromatic nitrogens is 1. The van der Waals surface area contributed by atoms with Crippen molar-refractivity contribution in [3.8, 4) is 5.75 Å². The molecular weight excluding hydrogens is 388 g/mol. The molecule has 2 aromatic rings. The lowest BCUT2D eigenvalue weighted by atomic mass is 9.96. The Bertz CT molecular complexity index is 855. The van der Waals surface area contributed by atoms with Crippen molar-refractivity contribution in [1.82, 2.24) is 19.7 Å². The van der Waals surface area contributed by atoms with Crippen LogP contribution in [0.3, 0.4) is 0 Å². The molecule has 2 heterocycles. The van der Waals surface area contributed by atoms with E-state index in [2.05, 4.69) is 26.9 Å². The van der Waals surface area contributed by atoms with Crippen LogP contribution in [0.5, 0.6) is 5.75 Å². The fourth-order valence-electron chi connectivity index (χ4n) is 4.25. The average molecular weight is 425 g/mol. The summed E-state index contributed by atoms with van der Waals surface area (Å²) in [6.07, 6.45) is 2.30. The lowest BCUT2D eigenvalue weighted by Gasteiger charge is -2.36. The number of pyridine rings is 1.